The van der Waals surface area contributed by atoms with Crippen molar-refractivity contribution in [1.29, 1.82) is 0 Å². The molecule has 1 atom stereocenters. The quantitative estimate of drug-likeness (QED) is 0.730. The lowest BCUT2D eigenvalue weighted by atomic mass is 10.0. The third-order valence-electron chi connectivity index (χ3n) is 3.86. The lowest BCUT2D eigenvalue weighted by Gasteiger charge is -2.18. The molecule has 0 amide bonds. The first-order valence-electron chi connectivity index (χ1n) is 8.18. The fraction of sp³-hybridized carbons (Fsp3) is 0.667. The molecule has 1 aliphatic rings. The van der Waals surface area contributed by atoms with Gasteiger partial charge in [0.25, 0.3) is 0 Å². The summed E-state index contributed by atoms with van der Waals surface area (Å²) < 4.78 is 5.77. The number of ether oxygens (including phenoxy) is 1. The molecule has 1 aromatic rings. The van der Waals surface area contributed by atoms with E-state index in [0.29, 0.717) is 6.04 Å². The molecule has 1 fully saturated rings. The van der Waals surface area contributed by atoms with Gasteiger partial charge in [0.2, 0.25) is 0 Å². The first-order valence-corrected chi connectivity index (χ1v) is 8.18. The molecular weight excluding hydrogens is 246 g/mol. The average molecular weight is 275 g/mol. The Kier molecular flexibility index (Phi) is 5.90. The van der Waals surface area contributed by atoms with Crippen molar-refractivity contribution in [2.24, 2.45) is 5.92 Å². The van der Waals surface area contributed by atoms with Crippen molar-refractivity contribution in [3.05, 3.63) is 29.8 Å². The second-order valence-corrected chi connectivity index (χ2v) is 6.25. The zero-order valence-corrected chi connectivity index (χ0v) is 13.2. The van der Waals surface area contributed by atoms with E-state index in [2.05, 4.69) is 50.4 Å². The Hall–Kier alpha value is -1.02. The third kappa shape index (κ3) is 5.16. The van der Waals surface area contributed by atoms with Gasteiger partial charge in [0, 0.05) is 6.04 Å². The fourth-order valence-electron chi connectivity index (χ4n) is 2.70. The van der Waals surface area contributed by atoms with E-state index in [0.717, 1.165) is 24.6 Å². The zero-order chi connectivity index (χ0) is 14.4. The van der Waals surface area contributed by atoms with Crippen molar-refractivity contribution < 1.29 is 4.74 Å². The van der Waals surface area contributed by atoms with Gasteiger partial charge in [0.05, 0.1) is 6.10 Å². The Morgan fingerprint density at radius 3 is 2.75 bits per heavy atom. The number of hydrogen-bond acceptors (Lipinski definition) is 2. The topological polar surface area (TPSA) is 21.3 Å². The number of nitrogens with one attached hydrogen (secondary N) is 1. The summed E-state index contributed by atoms with van der Waals surface area (Å²) in [5.74, 6) is 1.93. The Morgan fingerprint density at radius 1 is 1.30 bits per heavy atom. The van der Waals surface area contributed by atoms with Crippen molar-refractivity contribution in [1.82, 2.24) is 5.32 Å². The van der Waals surface area contributed by atoms with Crippen LogP contribution in [0.4, 0.5) is 0 Å². The number of benzene rings is 1. The largest absolute Gasteiger partial charge is 0.491 e. The van der Waals surface area contributed by atoms with Crippen LogP contribution in [0.5, 0.6) is 5.75 Å². The van der Waals surface area contributed by atoms with E-state index >= 15 is 0 Å². The number of rotatable bonds is 9. The maximum absolute atomic E-state index is 5.77. The maximum atomic E-state index is 5.77. The van der Waals surface area contributed by atoms with E-state index < -0.39 is 0 Å². The van der Waals surface area contributed by atoms with E-state index in [9.17, 15) is 0 Å². The van der Waals surface area contributed by atoms with Crippen LogP contribution < -0.4 is 10.1 Å². The van der Waals surface area contributed by atoms with Crippen LogP contribution >= 0.6 is 0 Å². The summed E-state index contributed by atoms with van der Waals surface area (Å²) in [5, 5.41) is 3.72. The molecule has 0 aromatic heterocycles. The van der Waals surface area contributed by atoms with Crippen LogP contribution in [0.1, 0.15) is 52.0 Å². The fourth-order valence-corrected chi connectivity index (χ4v) is 2.70. The lowest BCUT2D eigenvalue weighted by Crippen LogP contribution is -2.32. The Balaban J connectivity index is 1.85. The molecule has 1 unspecified atom stereocenters. The second-order valence-electron chi connectivity index (χ2n) is 6.25. The summed E-state index contributed by atoms with van der Waals surface area (Å²) in [6.45, 7) is 7.54. The highest BCUT2D eigenvalue weighted by Crippen LogP contribution is 2.34. The van der Waals surface area contributed by atoms with Gasteiger partial charge >= 0.3 is 0 Å². The second kappa shape index (κ2) is 7.68. The SMILES string of the molecule is CCCNC(CCc1cccc(OC(C)C)c1)C1CC1. The summed E-state index contributed by atoms with van der Waals surface area (Å²) in [6.07, 6.45) is 6.69. The molecular formula is C18H29NO. The summed E-state index contributed by atoms with van der Waals surface area (Å²) in [7, 11) is 0. The van der Waals surface area contributed by atoms with Gasteiger partial charge < -0.3 is 10.1 Å². The van der Waals surface area contributed by atoms with Crippen molar-refractivity contribution in [3.63, 3.8) is 0 Å². The Morgan fingerprint density at radius 2 is 2.10 bits per heavy atom. The molecule has 20 heavy (non-hydrogen) atoms. The van der Waals surface area contributed by atoms with Gasteiger partial charge in [-0.1, -0.05) is 19.1 Å². The molecule has 112 valence electrons. The third-order valence-corrected chi connectivity index (χ3v) is 3.86. The Labute approximate surface area is 123 Å². The molecule has 0 radical (unpaired) electrons. The summed E-state index contributed by atoms with van der Waals surface area (Å²) in [4.78, 5) is 0. The number of aryl methyl sites for hydroxylation is 1. The summed E-state index contributed by atoms with van der Waals surface area (Å²) >= 11 is 0. The maximum Gasteiger partial charge on any atom is 0.119 e. The minimum Gasteiger partial charge on any atom is -0.491 e. The molecule has 2 heteroatoms. The highest BCUT2D eigenvalue weighted by Gasteiger charge is 2.30. The van der Waals surface area contributed by atoms with Gasteiger partial charge in [0.15, 0.2) is 0 Å². The molecule has 1 aliphatic carbocycles. The molecule has 0 spiro atoms. The smallest absolute Gasteiger partial charge is 0.119 e. The van der Waals surface area contributed by atoms with Crippen LogP contribution in [-0.4, -0.2) is 18.7 Å². The van der Waals surface area contributed by atoms with Crippen LogP contribution in [-0.2, 0) is 6.42 Å². The van der Waals surface area contributed by atoms with Crippen LogP contribution in [0.2, 0.25) is 0 Å². The van der Waals surface area contributed by atoms with E-state index in [-0.39, 0.29) is 6.10 Å². The molecule has 0 heterocycles. The van der Waals surface area contributed by atoms with Gasteiger partial charge in [-0.15, -0.1) is 0 Å². The van der Waals surface area contributed by atoms with Gasteiger partial charge in [-0.2, -0.15) is 0 Å². The first kappa shape index (κ1) is 15.4. The minimum atomic E-state index is 0.246. The number of hydrogen-bond donors (Lipinski definition) is 1. The average Bonchev–Trinajstić information content (AvgIpc) is 3.23. The molecule has 1 aromatic carbocycles. The molecule has 0 bridgehead atoms. The normalized spacial score (nSPS) is 16.4. The molecule has 1 saturated carbocycles. The van der Waals surface area contributed by atoms with E-state index in [1.807, 2.05) is 0 Å². The Bertz CT molecular complexity index is 398. The predicted molar refractivity (Wildman–Crippen MR) is 85.3 cm³/mol. The van der Waals surface area contributed by atoms with E-state index in [4.69, 9.17) is 4.74 Å². The van der Waals surface area contributed by atoms with Crippen molar-refractivity contribution in [3.8, 4) is 5.75 Å². The van der Waals surface area contributed by atoms with Crippen molar-refractivity contribution in [2.45, 2.75) is 65.0 Å². The van der Waals surface area contributed by atoms with Crippen molar-refractivity contribution in [2.75, 3.05) is 6.54 Å². The molecule has 2 nitrogen and oxygen atoms in total. The van der Waals surface area contributed by atoms with Gasteiger partial charge in [0.1, 0.15) is 5.75 Å². The molecule has 0 aliphatic heterocycles. The van der Waals surface area contributed by atoms with Crippen LogP contribution in [0, 0.1) is 5.92 Å². The summed E-state index contributed by atoms with van der Waals surface area (Å²) in [5.41, 5.74) is 1.40. The van der Waals surface area contributed by atoms with Gasteiger partial charge in [-0.25, -0.2) is 0 Å². The van der Waals surface area contributed by atoms with E-state index in [1.54, 1.807) is 0 Å². The van der Waals surface area contributed by atoms with Gasteiger partial charge in [-0.3, -0.25) is 0 Å². The molecule has 2 rings (SSSR count). The zero-order valence-electron chi connectivity index (χ0n) is 13.2. The first-order chi connectivity index (χ1) is 9.69. The minimum absolute atomic E-state index is 0.246. The lowest BCUT2D eigenvalue weighted by molar-refractivity contribution is 0.242. The van der Waals surface area contributed by atoms with E-state index in [1.165, 1.54) is 31.2 Å². The van der Waals surface area contributed by atoms with Gasteiger partial charge in [-0.05, 0) is 76.1 Å². The highest BCUT2D eigenvalue weighted by atomic mass is 16.5. The standard InChI is InChI=1S/C18H29NO/c1-4-12-19-18(16-9-10-16)11-8-15-6-5-7-17(13-15)20-14(2)3/h5-7,13-14,16,18-19H,4,8-12H2,1-3H3. The molecule has 0 saturated heterocycles. The monoisotopic (exact) mass is 275 g/mol. The molecule has 1 N–H and O–H groups in total. The van der Waals surface area contributed by atoms with Crippen LogP contribution in [0.15, 0.2) is 24.3 Å². The predicted octanol–water partition coefficient (Wildman–Crippen LogP) is 4.18. The van der Waals surface area contributed by atoms with Crippen molar-refractivity contribution >= 4 is 0 Å². The van der Waals surface area contributed by atoms with Crippen LogP contribution in [0.3, 0.4) is 0 Å². The highest BCUT2D eigenvalue weighted by molar-refractivity contribution is 5.28. The van der Waals surface area contributed by atoms with Crippen LogP contribution in [0.25, 0.3) is 0 Å². The summed E-state index contributed by atoms with van der Waals surface area (Å²) in [6, 6.07) is 9.29.